The normalized spacial score (nSPS) is 12.2. The van der Waals surface area contributed by atoms with Crippen LogP contribution in [0.4, 0.5) is 4.39 Å². The molecule has 0 fully saturated rings. The van der Waals surface area contributed by atoms with Gasteiger partial charge in [-0.05, 0) is 19.1 Å². The van der Waals surface area contributed by atoms with Crippen molar-refractivity contribution in [2.24, 2.45) is 4.99 Å². The second kappa shape index (κ2) is 6.76. The molecule has 1 aromatic heterocycles. The third-order valence-electron chi connectivity index (χ3n) is 2.84. The number of amides is 1. The Kier molecular flexibility index (Phi) is 5.03. The predicted octanol–water partition coefficient (Wildman–Crippen LogP) is 2.72. The molecule has 0 spiro atoms. The number of aromatic nitrogens is 1. The highest BCUT2D eigenvalue weighted by Gasteiger charge is 2.11. The Hall–Kier alpha value is -1.53. The average Bonchev–Trinajstić information content (AvgIpc) is 2.78. The highest BCUT2D eigenvalue weighted by Crippen LogP contribution is 2.20. The number of para-hydroxylation sites is 1. The van der Waals surface area contributed by atoms with Crippen LogP contribution in [0.15, 0.2) is 23.2 Å². The molecule has 4 nitrogen and oxygen atoms in total. The molecular weight excluding hydrogens is 279 g/mol. The van der Waals surface area contributed by atoms with Crippen LogP contribution >= 0.6 is 11.3 Å². The van der Waals surface area contributed by atoms with E-state index in [-0.39, 0.29) is 11.7 Å². The first kappa shape index (κ1) is 14.9. The van der Waals surface area contributed by atoms with Crippen molar-refractivity contribution < 1.29 is 13.9 Å². The zero-order chi connectivity index (χ0) is 14.5. The van der Waals surface area contributed by atoms with Crippen molar-refractivity contribution in [3.8, 4) is 0 Å². The molecule has 6 heteroatoms. The van der Waals surface area contributed by atoms with Gasteiger partial charge in [0.25, 0.3) is 0 Å². The fourth-order valence-corrected chi connectivity index (χ4v) is 2.95. The van der Waals surface area contributed by atoms with E-state index < -0.39 is 0 Å². The van der Waals surface area contributed by atoms with Gasteiger partial charge in [-0.2, -0.15) is 4.99 Å². The van der Waals surface area contributed by atoms with Crippen molar-refractivity contribution in [3.05, 3.63) is 28.8 Å². The van der Waals surface area contributed by atoms with Crippen LogP contribution in [-0.2, 0) is 16.1 Å². The van der Waals surface area contributed by atoms with E-state index in [1.165, 1.54) is 17.4 Å². The maximum absolute atomic E-state index is 14.0. The fourth-order valence-electron chi connectivity index (χ4n) is 1.87. The molecule has 0 aliphatic carbocycles. The summed E-state index contributed by atoms with van der Waals surface area (Å²) in [6.07, 6.45) is 0.336. The van der Waals surface area contributed by atoms with Crippen molar-refractivity contribution in [1.29, 1.82) is 0 Å². The summed E-state index contributed by atoms with van der Waals surface area (Å²) in [5.41, 5.74) is 0.486. The average molecular weight is 296 g/mol. The summed E-state index contributed by atoms with van der Waals surface area (Å²) in [5, 5.41) is 0. The summed E-state index contributed by atoms with van der Waals surface area (Å²) in [7, 11) is 0. The number of hydrogen-bond acceptors (Lipinski definition) is 3. The monoisotopic (exact) mass is 296 g/mol. The molecule has 0 bridgehead atoms. The molecule has 2 rings (SSSR count). The van der Waals surface area contributed by atoms with E-state index in [9.17, 15) is 9.18 Å². The van der Waals surface area contributed by atoms with E-state index in [1.807, 2.05) is 13.0 Å². The Balaban J connectivity index is 2.55. The summed E-state index contributed by atoms with van der Waals surface area (Å²) in [4.78, 5) is 16.1. The second-order valence-corrected chi connectivity index (χ2v) is 5.19. The first-order valence-electron chi connectivity index (χ1n) is 6.60. The number of rotatable bonds is 5. The van der Waals surface area contributed by atoms with Gasteiger partial charge in [0.05, 0.1) is 16.8 Å². The van der Waals surface area contributed by atoms with Crippen LogP contribution in [0.1, 0.15) is 20.3 Å². The Bertz CT molecular complexity index is 675. The lowest BCUT2D eigenvalue weighted by molar-refractivity contribution is -0.117. The van der Waals surface area contributed by atoms with Crippen molar-refractivity contribution in [1.82, 2.24) is 4.57 Å². The zero-order valence-electron chi connectivity index (χ0n) is 11.6. The van der Waals surface area contributed by atoms with Gasteiger partial charge in [-0.25, -0.2) is 4.39 Å². The lowest BCUT2D eigenvalue weighted by atomic mass is 10.3. The van der Waals surface area contributed by atoms with Gasteiger partial charge in [0.15, 0.2) is 4.80 Å². The van der Waals surface area contributed by atoms with Crippen molar-refractivity contribution in [3.63, 3.8) is 0 Å². The minimum Gasteiger partial charge on any atom is -0.380 e. The molecule has 0 aliphatic heterocycles. The van der Waals surface area contributed by atoms with Crippen LogP contribution in [0, 0.1) is 5.82 Å². The minimum absolute atomic E-state index is 0.206. The summed E-state index contributed by atoms with van der Waals surface area (Å²) < 4.78 is 21.8. The van der Waals surface area contributed by atoms with Crippen molar-refractivity contribution in [2.45, 2.75) is 26.8 Å². The molecule has 0 aliphatic rings. The van der Waals surface area contributed by atoms with Crippen LogP contribution in [0.25, 0.3) is 10.2 Å². The number of nitrogens with zero attached hydrogens (tertiary/aromatic N) is 2. The molecule has 1 aromatic carbocycles. The highest BCUT2D eigenvalue weighted by atomic mass is 32.1. The minimum atomic E-state index is -0.305. The molecule has 1 amide bonds. The van der Waals surface area contributed by atoms with E-state index >= 15 is 0 Å². The van der Waals surface area contributed by atoms with Gasteiger partial charge in [-0.3, -0.25) is 4.79 Å². The standard InChI is InChI=1S/C14H17FN2O2S/c1-3-12(18)16-14-17(8-9-19-4-2)13-10(15)6-5-7-11(13)20-14/h5-7H,3-4,8-9H2,1-2H3. The number of halogens is 1. The molecule has 2 aromatic rings. The molecule has 0 saturated heterocycles. The Labute approximate surface area is 120 Å². The highest BCUT2D eigenvalue weighted by molar-refractivity contribution is 7.16. The third-order valence-corrected chi connectivity index (χ3v) is 3.88. The van der Waals surface area contributed by atoms with Gasteiger partial charge in [0.2, 0.25) is 5.91 Å². The number of thiazole rings is 1. The van der Waals surface area contributed by atoms with Gasteiger partial charge in [0, 0.05) is 19.6 Å². The van der Waals surface area contributed by atoms with Crippen LogP contribution in [0.2, 0.25) is 0 Å². The second-order valence-electron chi connectivity index (χ2n) is 4.18. The molecule has 1 heterocycles. The number of benzene rings is 1. The SMILES string of the molecule is CCOCCn1c(=NC(=O)CC)sc2cccc(F)c21. The predicted molar refractivity (Wildman–Crippen MR) is 77.1 cm³/mol. The number of carbonyl (C=O) groups excluding carboxylic acids is 1. The Morgan fingerprint density at radius 3 is 2.95 bits per heavy atom. The molecule has 108 valence electrons. The quantitative estimate of drug-likeness (QED) is 0.796. The van der Waals surface area contributed by atoms with Crippen molar-refractivity contribution >= 4 is 27.5 Å². The van der Waals surface area contributed by atoms with Gasteiger partial charge in [-0.15, -0.1) is 0 Å². The molecule has 0 N–H and O–H groups in total. The van der Waals surface area contributed by atoms with E-state index in [0.717, 1.165) is 4.70 Å². The van der Waals surface area contributed by atoms with Crippen LogP contribution < -0.4 is 4.80 Å². The van der Waals surface area contributed by atoms with E-state index in [0.29, 0.717) is 36.5 Å². The molecule has 0 saturated carbocycles. The largest absolute Gasteiger partial charge is 0.380 e. The van der Waals surface area contributed by atoms with Gasteiger partial charge < -0.3 is 9.30 Å². The fraction of sp³-hybridized carbons (Fsp3) is 0.429. The first-order valence-corrected chi connectivity index (χ1v) is 7.42. The maximum Gasteiger partial charge on any atom is 0.248 e. The lowest BCUT2D eigenvalue weighted by Crippen LogP contribution is -2.20. The van der Waals surface area contributed by atoms with Crippen LogP contribution in [0.3, 0.4) is 0 Å². The van der Waals surface area contributed by atoms with E-state index in [1.54, 1.807) is 17.6 Å². The molecule has 0 atom stereocenters. The van der Waals surface area contributed by atoms with Crippen LogP contribution in [-0.4, -0.2) is 23.7 Å². The summed E-state index contributed by atoms with van der Waals surface area (Å²) in [6.45, 7) is 5.20. The molecular formula is C14H17FN2O2S. The summed E-state index contributed by atoms with van der Waals surface area (Å²) >= 11 is 1.32. The van der Waals surface area contributed by atoms with Gasteiger partial charge in [-0.1, -0.05) is 24.3 Å². The van der Waals surface area contributed by atoms with Gasteiger partial charge >= 0.3 is 0 Å². The molecule has 20 heavy (non-hydrogen) atoms. The Morgan fingerprint density at radius 2 is 2.25 bits per heavy atom. The number of fused-ring (bicyclic) bond motifs is 1. The van der Waals surface area contributed by atoms with Gasteiger partial charge in [0.1, 0.15) is 5.82 Å². The topological polar surface area (TPSA) is 43.6 Å². The number of hydrogen-bond donors (Lipinski definition) is 0. The number of ether oxygens (including phenoxy) is 1. The van der Waals surface area contributed by atoms with Crippen molar-refractivity contribution in [2.75, 3.05) is 13.2 Å². The Morgan fingerprint density at radius 1 is 1.45 bits per heavy atom. The smallest absolute Gasteiger partial charge is 0.248 e. The molecule has 0 unspecified atom stereocenters. The van der Waals surface area contributed by atoms with Crippen LogP contribution in [0.5, 0.6) is 0 Å². The van der Waals surface area contributed by atoms with E-state index in [2.05, 4.69) is 4.99 Å². The summed E-state index contributed by atoms with van der Waals surface area (Å²) in [6, 6.07) is 4.90. The first-order chi connectivity index (χ1) is 9.67. The summed E-state index contributed by atoms with van der Waals surface area (Å²) in [5.74, 6) is -0.511. The zero-order valence-corrected chi connectivity index (χ0v) is 12.4. The maximum atomic E-state index is 14.0. The lowest BCUT2D eigenvalue weighted by Gasteiger charge is -2.05. The van der Waals surface area contributed by atoms with E-state index in [4.69, 9.17) is 4.74 Å². The third kappa shape index (κ3) is 3.13. The number of carbonyl (C=O) groups is 1. The molecule has 0 radical (unpaired) electrons.